The van der Waals surface area contributed by atoms with E-state index in [0.29, 0.717) is 5.56 Å². The van der Waals surface area contributed by atoms with Crippen molar-refractivity contribution in [2.24, 2.45) is 0 Å². The Morgan fingerprint density at radius 2 is 1.84 bits per heavy atom. The van der Waals surface area contributed by atoms with Crippen molar-refractivity contribution in [2.75, 3.05) is 0 Å². The number of carbonyl (C=O) groups excluding carboxylic acids is 1. The Balaban J connectivity index is 1.99. The number of benzene rings is 2. The Morgan fingerprint density at radius 1 is 1.20 bits per heavy atom. The lowest BCUT2D eigenvalue weighted by Gasteiger charge is -2.10. The number of hydrogen-bond acceptors (Lipinski definition) is 4. The van der Waals surface area contributed by atoms with Gasteiger partial charge in [0.05, 0.1) is 15.5 Å². The number of ether oxygens (including phenoxy) is 1. The molecule has 0 bridgehead atoms. The largest absolute Gasteiger partial charge is 0.573 e. The van der Waals surface area contributed by atoms with Gasteiger partial charge in [-0.25, -0.2) is 0 Å². The van der Waals surface area contributed by atoms with E-state index in [0.717, 1.165) is 24.3 Å². The number of nitro groups is 1. The van der Waals surface area contributed by atoms with Crippen molar-refractivity contribution >= 4 is 23.2 Å². The standard InChI is InChI=1S/C15H10ClF3N2O4/c16-13-7-10(21(23)24)3-6-12(13)14(22)20-8-9-1-4-11(5-2-9)25-15(17,18)19/h1-7H,8H2,(H,20,22). The molecule has 2 rings (SSSR count). The van der Waals surface area contributed by atoms with E-state index in [1.807, 2.05) is 0 Å². The van der Waals surface area contributed by atoms with Crippen LogP contribution in [-0.4, -0.2) is 17.2 Å². The van der Waals surface area contributed by atoms with Crippen LogP contribution in [0.1, 0.15) is 15.9 Å². The SMILES string of the molecule is O=C(NCc1ccc(OC(F)(F)F)cc1)c1ccc([N+](=O)[O-])cc1Cl. The molecule has 0 unspecified atom stereocenters. The molecule has 2 aromatic rings. The Bertz CT molecular complexity index is 794. The van der Waals surface area contributed by atoms with Crippen LogP contribution in [0.2, 0.25) is 5.02 Å². The molecule has 0 aliphatic carbocycles. The van der Waals surface area contributed by atoms with E-state index < -0.39 is 17.2 Å². The second-order valence-electron chi connectivity index (χ2n) is 4.80. The van der Waals surface area contributed by atoms with Gasteiger partial charge in [-0.15, -0.1) is 13.2 Å². The molecule has 0 aliphatic heterocycles. The van der Waals surface area contributed by atoms with E-state index >= 15 is 0 Å². The molecule has 1 N–H and O–H groups in total. The zero-order valence-electron chi connectivity index (χ0n) is 12.3. The fourth-order valence-electron chi connectivity index (χ4n) is 1.89. The van der Waals surface area contributed by atoms with Gasteiger partial charge in [-0.1, -0.05) is 23.7 Å². The smallest absolute Gasteiger partial charge is 0.406 e. The van der Waals surface area contributed by atoms with Crippen LogP contribution in [0.15, 0.2) is 42.5 Å². The van der Waals surface area contributed by atoms with E-state index in [1.54, 1.807) is 0 Å². The number of nitro benzene ring substituents is 1. The highest BCUT2D eigenvalue weighted by atomic mass is 35.5. The van der Waals surface area contributed by atoms with E-state index in [9.17, 15) is 28.1 Å². The normalized spacial score (nSPS) is 11.0. The van der Waals surface area contributed by atoms with Gasteiger partial charge in [-0.2, -0.15) is 0 Å². The van der Waals surface area contributed by atoms with Gasteiger partial charge >= 0.3 is 6.36 Å². The van der Waals surface area contributed by atoms with Crippen LogP contribution in [0.25, 0.3) is 0 Å². The number of hydrogen-bond donors (Lipinski definition) is 1. The average molecular weight is 375 g/mol. The third-order valence-electron chi connectivity index (χ3n) is 3.02. The summed E-state index contributed by atoms with van der Waals surface area (Å²) in [6.45, 7) is 0.0262. The van der Waals surface area contributed by atoms with Crippen LogP contribution in [0.3, 0.4) is 0 Å². The molecule has 132 valence electrons. The number of nitrogens with zero attached hydrogens (tertiary/aromatic N) is 1. The van der Waals surface area contributed by atoms with Gasteiger partial charge in [0.2, 0.25) is 0 Å². The molecule has 0 aliphatic rings. The topological polar surface area (TPSA) is 81.5 Å². The van der Waals surface area contributed by atoms with Crippen LogP contribution in [0.4, 0.5) is 18.9 Å². The minimum Gasteiger partial charge on any atom is -0.406 e. The molecule has 0 saturated heterocycles. The van der Waals surface area contributed by atoms with Crippen LogP contribution in [-0.2, 0) is 6.54 Å². The predicted molar refractivity (Wildman–Crippen MR) is 82.4 cm³/mol. The van der Waals surface area contributed by atoms with Crippen molar-refractivity contribution in [2.45, 2.75) is 12.9 Å². The maximum absolute atomic E-state index is 12.1. The Morgan fingerprint density at radius 3 is 2.36 bits per heavy atom. The summed E-state index contributed by atoms with van der Waals surface area (Å²) in [4.78, 5) is 22.0. The van der Waals surface area contributed by atoms with Gasteiger partial charge in [0, 0.05) is 18.7 Å². The van der Waals surface area contributed by atoms with Gasteiger partial charge in [0.25, 0.3) is 11.6 Å². The Hall–Kier alpha value is -2.81. The summed E-state index contributed by atoms with van der Waals surface area (Å²) in [5.41, 5.74) is 0.326. The number of amides is 1. The Labute approximate surface area is 144 Å². The Kier molecular flexibility index (Phi) is 5.48. The summed E-state index contributed by atoms with van der Waals surface area (Å²) >= 11 is 5.84. The first kappa shape index (κ1) is 18.5. The molecule has 0 radical (unpaired) electrons. The lowest BCUT2D eigenvalue weighted by Crippen LogP contribution is -2.23. The number of nitrogens with one attached hydrogen (secondary N) is 1. The quantitative estimate of drug-likeness (QED) is 0.631. The van der Waals surface area contributed by atoms with Crippen molar-refractivity contribution in [1.82, 2.24) is 5.32 Å². The summed E-state index contributed by atoms with van der Waals surface area (Å²) in [5, 5.41) is 13.1. The number of halogens is 4. The number of non-ortho nitro benzene ring substituents is 1. The van der Waals surface area contributed by atoms with Crippen molar-refractivity contribution in [3.8, 4) is 5.75 Å². The molecule has 0 fully saturated rings. The maximum atomic E-state index is 12.1. The highest BCUT2D eigenvalue weighted by Gasteiger charge is 2.30. The summed E-state index contributed by atoms with van der Waals surface area (Å²) in [6, 6.07) is 8.37. The maximum Gasteiger partial charge on any atom is 0.573 e. The second kappa shape index (κ2) is 7.39. The molecule has 0 aromatic heterocycles. The van der Waals surface area contributed by atoms with Gasteiger partial charge < -0.3 is 10.1 Å². The molecule has 25 heavy (non-hydrogen) atoms. The molecule has 0 spiro atoms. The van der Waals surface area contributed by atoms with Crippen LogP contribution >= 0.6 is 11.6 Å². The van der Waals surface area contributed by atoms with Gasteiger partial charge in [-0.3, -0.25) is 14.9 Å². The van der Waals surface area contributed by atoms with Gasteiger partial charge in [0.1, 0.15) is 5.75 Å². The van der Waals surface area contributed by atoms with E-state index in [2.05, 4.69) is 10.1 Å². The van der Waals surface area contributed by atoms with Gasteiger partial charge in [-0.05, 0) is 23.8 Å². The molecular weight excluding hydrogens is 365 g/mol. The first-order valence-electron chi connectivity index (χ1n) is 6.72. The first-order valence-corrected chi connectivity index (χ1v) is 7.10. The third-order valence-corrected chi connectivity index (χ3v) is 3.33. The highest BCUT2D eigenvalue weighted by Crippen LogP contribution is 2.24. The summed E-state index contributed by atoms with van der Waals surface area (Å²) in [7, 11) is 0. The van der Waals surface area contributed by atoms with E-state index in [4.69, 9.17) is 11.6 Å². The van der Waals surface area contributed by atoms with Crippen LogP contribution in [0.5, 0.6) is 5.75 Å². The molecule has 0 heterocycles. The zero-order valence-corrected chi connectivity index (χ0v) is 13.1. The lowest BCUT2D eigenvalue weighted by atomic mass is 10.1. The van der Waals surface area contributed by atoms with Crippen LogP contribution < -0.4 is 10.1 Å². The minimum absolute atomic E-state index is 0.0262. The minimum atomic E-state index is -4.78. The van der Waals surface area contributed by atoms with E-state index in [-0.39, 0.29) is 28.6 Å². The molecule has 0 saturated carbocycles. The predicted octanol–water partition coefficient (Wildman–Crippen LogP) is 4.08. The lowest BCUT2D eigenvalue weighted by molar-refractivity contribution is -0.384. The molecule has 2 aromatic carbocycles. The average Bonchev–Trinajstić information content (AvgIpc) is 2.52. The summed E-state index contributed by atoms with van der Waals surface area (Å²) in [5.74, 6) is -0.948. The molecule has 10 heteroatoms. The van der Waals surface area contributed by atoms with Crippen molar-refractivity contribution in [3.63, 3.8) is 0 Å². The number of alkyl halides is 3. The third kappa shape index (κ3) is 5.35. The molecule has 6 nitrogen and oxygen atoms in total. The van der Waals surface area contributed by atoms with Crippen molar-refractivity contribution < 1.29 is 27.6 Å². The molecule has 1 amide bonds. The number of carbonyl (C=O) groups is 1. The second-order valence-corrected chi connectivity index (χ2v) is 5.20. The monoisotopic (exact) mass is 374 g/mol. The zero-order chi connectivity index (χ0) is 18.6. The van der Waals surface area contributed by atoms with Crippen molar-refractivity contribution in [3.05, 3.63) is 68.7 Å². The van der Waals surface area contributed by atoms with Crippen LogP contribution in [0, 0.1) is 10.1 Å². The summed E-state index contributed by atoms with van der Waals surface area (Å²) < 4.78 is 39.9. The van der Waals surface area contributed by atoms with Gasteiger partial charge in [0.15, 0.2) is 0 Å². The fourth-order valence-corrected chi connectivity index (χ4v) is 2.15. The van der Waals surface area contributed by atoms with Crippen molar-refractivity contribution in [1.29, 1.82) is 0 Å². The molecule has 0 atom stereocenters. The molecular formula is C15H10ClF3N2O4. The fraction of sp³-hybridized carbons (Fsp3) is 0.133. The highest BCUT2D eigenvalue weighted by molar-refractivity contribution is 6.34. The number of rotatable bonds is 5. The summed E-state index contributed by atoms with van der Waals surface area (Å²) in [6.07, 6.45) is -4.78. The first-order chi connectivity index (χ1) is 11.7. The van der Waals surface area contributed by atoms with E-state index in [1.165, 1.54) is 18.2 Å².